The molecular weight excluding hydrogens is 614 g/mol. The maximum atomic E-state index is 11.1. The van der Waals surface area contributed by atoms with Gasteiger partial charge in [-0.15, -0.1) is 0 Å². The first kappa shape index (κ1) is 51.9. The molecule has 1 aliphatic rings. The van der Waals surface area contributed by atoms with Gasteiger partial charge in [0, 0.05) is 19.6 Å². The Morgan fingerprint density at radius 3 is 1.43 bits per heavy atom. The topological polar surface area (TPSA) is 90.0 Å². The highest BCUT2D eigenvalue weighted by molar-refractivity contribution is 5.87. The molecule has 1 saturated carbocycles. The molecule has 0 amide bonds. The van der Waals surface area contributed by atoms with Crippen molar-refractivity contribution in [2.45, 2.75) is 215 Å². The van der Waals surface area contributed by atoms with Gasteiger partial charge in [0.1, 0.15) is 22.8 Å². The van der Waals surface area contributed by atoms with E-state index in [0.29, 0.717) is 18.9 Å². The van der Waals surface area contributed by atoms with Crippen LogP contribution in [0.4, 0.5) is 0 Å². The first-order valence-corrected chi connectivity index (χ1v) is 20.1. The molecule has 0 aromatic rings. The van der Waals surface area contributed by atoms with E-state index in [1.165, 1.54) is 96.3 Å². The van der Waals surface area contributed by atoms with Gasteiger partial charge in [-0.1, -0.05) is 118 Å². The number of rotatable bonds is 28. The van der Waals surface area contributed by atoms with Crippen molar-refractivity contribution < 1.29 is 28.7 Å². The van der Waals surface area contributed by atoms with Crippen LogP contribution in [0.25, 0.3) is 0 Å². The van der Waals surface area contributed by atoms with Gasteiger partial charge < -0.3 is 14.3 Å². The third-order valence-corrected chi connectivity index (χ3v) is 8.80. The zero-order valence-corrected chi connectivity index (χ0v) is 34.6. The van der Waals surface area contributed by atoms with Gasteiger partial charge in [-0.25, -0.2) is 0 Å². The molecular formula is C42H83NO6. The van der Waals surface area contributed by atoms with Crippen LogP contribution in [0.1, 0.15) is 204 Å². The van der Waals surface area contributed by atoms with Gasteiger partial charge >= 0.3 is 0 Å². The van der Waals surface area contributed by atoms with Crippen LogP contribution >= 0.6 is 0 Å². The van der Waals surface area contributed by atoms with Crippen molar-refractivity contribution in [3.05, 3.63) is 0 Å². The van der Waals surface area contributed by atoms with Gasteiger partial charge in [0.25, 0.3) is 0 Å². The Hall–Kier alpha value is -1.44. The Morgan fingerprint density at radius 2 is 1.02 bits per heavy atom. The number of likely N-dealkylation sites (N-methyl/N-ethyl adjacent to an activating group) is 1. The predicted octanol–water partition coefficient (Wildman–Crippen LogP) is 11.1. The minimum atomic E-state index is -0.591. The Balaban J connectivity index is -0.000000577. The molecule has 0 unspecified atom stereocenters. The van der Waals surface area contributed by atoms with E-state index < -0.39 is 5.60 Å². The van der Waals surface area contributed by atoms with Crippen LogP contribution in [0.2, 0.25) is 0 Å². The zero-order valence-electron chi connectivity index (χ0n) is 34.6. The van der Waals surface area contributed by atoms with Gasteiger partial charge in [0.2, 0.25) is 0 Å². The fraction of sp³-hybridized carbons (Fsp3) is 0.905. The zero-order chi connectivity index (χ0) is 38.0. The van der Waals surface area contributed by atoms with Crippen molar-refractivity contribution in [2.24, 2.45) is 0 Å². The van der Waals surface area contributed by atoms with Crippen molar-refractivity contribution in [3.8, 4) is 0 Å². The van der Waals surface area contributed by atoms with Gasteiger partial charge in [-0.3, -0.25) is 19.3 Å². The smallest absolute Gasteiger partial charge is 0.161 e. The second-order valence-electron chi connectivity index (χ2n) is 14.7. The van der Waals surface area contributed by atoms with E-state index in [2.05, 4.69) is 32.6 Å². The maximum Gasteiger partial charge on any atom is 0.161 e. The molecule has 7 heteroatoms. The molecule has 0 aromatic heterocycles. The van der Waals surface area contributed by atoms with Crippen molar-refractivity contribution in [1.82, 2.24) is 4.90 Å². The summed E-state index contributed by atoms with van der Waals surface area (Å²) in [6.07, 6.45) is 25.0. The highest BCUT2D eigenvalue weighted by Crippen LogP contribution is 2.40. The second kappa shape index (κ2) is 35.0. The summed E-state index contributed by atoms with van der Waals surface area (Å²) in [6, 6.07) is 0. The van der Waals surface area contributed by atoms with Gasteiger partial charge in [0.05, 0.1) is 6.54 Å². The number of carbonyl (C=O) groups is 4. The fourth-order valence-electron chi connectivity index (χ4n) is 4.89. The second-order valence-corrected chi connectivity index (χ2v) is 14.7. The number of Topliss-reactive ketones (excluding diaryl/α,β-unsaturated/α-hetero) is 4. The standard InChI is InChI=1S/C11H20O2.C11H22O2.C10H21NO.C10H20O/c1-3-4-5-6-9-13-11(7-8-11)10(2)12;1-5-6-7-8-9-13-11(3,4)10(2)12;1-4-5-6-7-8-11(3)9-10(2)12;1-3-4-5-6-7-8-9-10(2)11/h3-9H2,1-2H3;5-9H2,1-4H3;4-9H2,1-3H3;3-9H2,1-2H3. The lowest BCUT2D eigenvalue weighted by Crippen LogP contribution is -2.33. The quantitative estimate of drug-likeness (QED) is 0.0752. The number of nitrogens with zero attached hydrogens (tertiary/aromatic N) is 1. The molecule has 0 aliphatic heterocycles. The first-order valence-electron chi connectivity index (χ1n) is 20.1. The number of unbranched alkanes of at least 4 members (excludes halogenated alkanes) is 14. The van der Waals surface area contributed by atoms with Crippen molar-refractivity contribution >= 4 is 23.1 Å². The fourth-order valence-corrected chi connectivity index (χ4v) is 4.89. The van der Waals surface area contributed by atoms with Gasteiger partial charge in [0.15, 0.2) is 11.6 Å². The summed E-state index contributed by atoms with van der Waals surface area (Å²) in [6.45, 7) is 22.1. The highest BCUT2D eigenvalue weighted by Gasteiger charge is 2.48. The normalized spacial score (nSPS) is 12.9. The molecule has 0 radical (unpaired) electrons. The van der Waals surface area contributed by atoms with Crippen LogP contribution in [-0.4, -0.2) is 72.6 Å². The van der Waals surface area contributed by atoms with E-state index in [-0.39, 0.29) is 23.0 Å². The van der Waals surface area contributed by atoms with Crippen LogP contribution in [0, 0.1) is 0 Å². The molecule has 0 aromatic carbocycles. The van der Waals surface area contributed by atoms with E-state index >= 15 is 0 Å². The summed E-state index contributed by atoms with van der Waals surface area (Å²) in [4.78, 5) is 45.5. The number of carbonyl (C=O) groups excluding carboxylic acids is 4. The maximum absolute atomic E-state index is 11.1. The van der Waals surface area contributed by atoms with E-state index in [9.17, 15) is 19.2 Å². The minimum absolute atomic E-state index is 0.1000. The summed E-state index contributed by atoms with van der Waals surface area (Å²) in [5.41, 5.74) is -0.932. The van der Waals surface area contributed by atoms with E-state index in [1.54, 1.807) is 27.7 Å². The van der Waals surface area contributed by atoms with E-state index in [0.717, 1.165) is 51.7 Å². The Morgan fingerprint density at radius 1 is 0.592 bits per heavy atom. The number of hydrogen-bond donors (Lipinski definition) is 0. The van der Waals surface area contributed by atoms with Crippen LogP contribution in [-0.2, 0) is 28.7 Å². The molecule has 0 atom stereocenters. The van der Waals surface area contributed by atoms with Crippen LogP contribution in [0.3, 0.4) is 0 Å². The third kappa shape index (κ3) is 37.6. The molecule has 0 spiro atoms. The summed E-state index contributed by atoms with van der Waals surface area (Å²) >= 11 is 0. The largest absolute Gasteiger partial charge is 0.368 e. The summed E-state index contributed by atoms with van der Waals surface area (Å²) in [5.74, 6) is 0.902. The predicted molar refractivity (Wildman–Crippen MR) is 209 cm³/mol. The number of ketones is 4. The van der Waals surface area contributed by atoms with Crippen molar-refractivity contribution in [3.63, 3.8) is 0 Å². The molecule has 0 saturated heterocycles. The van der Waals surface area contributed by atoms with Crippen molar-refractivity contribution in [2.75, 3.05) is 33.4 Å². The lowest BCUT2D eigenvalue weighted by atomic mass is 10.1. The van der Waals surface area contributed by atoms with E-state index in [1.807, 2.05) is 20.9 Å². The lowest BCUT2D eigenvalue weighted by molar-refractivity contribution is -0.138. The molecule has 0 N–H and O–H groups in total. The van der Waals surface area contributed by atoms with Crippen molar-refractivity contribution in [1.29, 1.82) is 0 Å². The molecule has 0 bridgehead atoms. The summed E-state index contributed by atoms with van der Waals surface area (Å²) in [5, 5.41) is 0. The number of ether oxygens (including phenoxy) is 2. The molecule has 49 heavy (non-hydrogen) atoms. The SMILES string of the molecule is CCCCCCCCC(C)=O.CCCCCCN(C)CC(C)=O.CCCCCCOC(C)(C)C(C)=O.CCCCCCOC1(C(C)=O)CC1. The molecule has 292 valence electrons. The highest BCUT2D eigenvalue weighted by atomic mass is 16.5. The average molecular weight is 698 g/mol. The Bertz CT molecular complexity index is 779. The van der Waals surface area contributed by atoms with Crippen LogP contribution in [0.5, 0.6) is 0 Å². The molecule has 1 aliphatic carbocycles. The lowest BCUT2D eigenvalue weighted by Gasteiger charge is -2.21. The monoisotopic (exact) mass is 698 g/mol. The third-order valence-electron chi connectivity index (χ3n) is 8.80. The van der Waals surface area contributed by atoms with Gasteiger partial charge in [-0.2, -0.15) is 0 Å². The Kier molecular flexibility index (Phi) is 37.1. The molecule has 7 nitrogen and oxygen atoms in total. The summed E-state index contributed by atoms with van der Waals surface area (Å²) < 4.78 is 11.1. The van der Waals surface area contributed by atoms with Gasteiger partial charge in [-0.05, 0) is 93.7 Å². The van der Waals surface area contributed by atoms with Crippen LogP contribution in [0.15, 0.2) is 0 Å². The summed E-state index contributed by atoms with van der Waals surface area (Å²) in [7, 11) is 2.01. The molecule has 0 heterocycles. The average Bonchev–Trinajstić information content (AvgIpc) is 3.83. The molecule has 1 fully saturated rings. The first-order chi connectivity index (χ1) is 23.1. The minimum Gasteiger partial charge on any atom is -0.368 e. The number of hydrogen-bond acceptors (Lipinski definition) is 7. The Labute approximate surface area is 304 Å². The van der Waals surface area contributed by atoms with E-state index in [4.69, 9.17) is 9.47 Å². The van der Waals surface area contributed by atoms with Crippen LogP contribution < -0.4 is 0 Å². The molecule has 1 rings (SSSR count).